The lowest BCUT2D eigenvalue weighted by atomic mass is 10.1. The molecule has 2 N–H and O–H groups in total. The number of rotatable bonds is 4. The van der Waals surface area contributed by atoms with E-state index in [-0.39, 0.29) is 12.1 Å². The summed E-state index contributed by atoms with van der Waals surface area (Å²) in [4.78, 5) is 14.4. The molecular weight excluding hydrogens is 467 g/mol. The molecule has 3 aromatic rings. The first-order valence-corrected chi connectivity index (χ1v) is 11.6. The molecule has 0 bridgehead atoms. The van der Waals surface area contributed by atoms with Gasteiger partial charge in [-0.05, 0) is 18.6 Å². The monoisotopic (exact) mass is 485 g/mol. The molecular formula is C19H18F3N5O3S2. The lowest BCUT2D eigenvalue weighted by molar-refractivity contribution is -0.120. The molecule has 0 unspecified atom stereocenters. The van der Waals surface area contributed by atoms with Crippen LogP contribution in [0.15, 0.2) is 36.7 Å². The van der Waals surface area contributed by atoms with Crippen molar-refractivity contribution in [3.63, 3.8) is 0 Å². The van der Waals surface area contributed by atoms with Crippen molar-refractivity contribution >= 4 is 33.1 Å². The Morgan fingerprint density at radius 1 is 1.22 bits per heavy atom. The number of amides is 1. The van der Waals surface area contributed by atoms with E-state index in [4.69, 9.17) is 0 Å². The van der Waals surface area contributed by atoms with Gasteiger partial charge in [-0.25, -0.2) is 13.2 Å². The average Bonchev–Trinajstić information content (AvgIpc) is 3.37. The summed E-state index contributed by atoms with van der Waals surface area (Å²) < 4.78 is 70.4. The average molecular weight is 486 g/mol. The van der Waals surface area contributed by atoms with Crippen LogP contribution in [0.4, 0.5) is 18.9 Å². The Hall–Kier alpha value is -2.74. The molecule has 1 amide bonds. The highest BCUT2D eigenvalue weighted by molar-refractivity contribution is 7.87. The van der Waals surface area contributed by atoms with E-state index in [1.807, 2.05) is 12.3 Å². The van der Waals surface area contributed by atoms with E-state index in [0.29, 0.717) is 17.0 Å². The fraction of sp³-hybridized carbons (Fsp3) is 0.263. The highest BCUT2D eigenvalue weighted by Gasteiger charge is 2.41. The second-order valence-electron chi connectivity index (χ2n) is 7.29. The zero-order chi connectivity index (χ0) is 23.2. The number of aryl methyl sites for hydroxylation is 1. The van der Waals surface area contributed by atoms with Gasteiger partial charge in [-0.1, -0.05) is 0 Å². The maximum atomic E-state index is 13.5. The van der Waals surface area contributed by atoms with E-state index in [2.05, 4.69) is 15.1 Å². The number of carbonyl (C=O) groups is 1. The van der Waals surface area contributed by atoms with Gasteiger partial charge in [0.25, 0.3) is 10.2 Å². The molecule has 32 heavy (non-hydrogen) atoms. The predicted molar refractivity (Wildman–Crippen MR) is 112 cm³/mol. The van der Waals surface area contributed by atoms with Crippen LogP contribution in [0.5, 0.6) is 0 Å². The molecule has 1 aliphatic rings. The fourth-order valence-electron chi connectivity index (χ4n) is 3.39. The maximum Gasteiger partial charge on any atom is 0.280 e. The zero-order valence-electron chi connectivity index (χ0n) is 16.8. The number of carbonyl (C=O) groups excluding carboxylic acids is 1. The molecule has 13 heteroatoms. The number of nitrogens with one attached hydrogen (secondary N) is 2. The number of thiophene rings is 1. The third-order valence-corrected chi connectivity index (χ3v) is 7.92. The standard InChI is InChI=1S/C19H18F3N5O3S2/c1-26-9-10(8-23-26)16-3-4-17(31-16)14-7-15(27(2)32(29,30)25-14)19(28)24-11-5-12(20)18(22)13(21)6-11/h3-6,8-9,14-15,25H,7H2,1-2H3,(H,24,28)/t14-,15+/m1/s1. The van der Waals surface area contributed by atoms with Crippen molar-refractivity contribution in [3.8, 4) is 10.4 Å². The Kier molecular flexibility index (Phi) is 5.83. The SMILES string of the molecule is CN1[C@H](C(=O)Nc2cc(F)c(F)c(F)c2)C[C@H](c2ccc(-c3cnn(C)c3)s2)NS1(=O)=O. The summed E-state index contributed by atoms with van der Waals surface area (Å²) in [6.07, 6.45) is 3.58. The molecule has 1 fully saturated rings. The van der Waals surface area contributed by atoms with Crippen LogP contribution in [0.25, 0.3) is 10.4 Å². The topological polar surface area (TPSA) is 96.3 Å². The number of hydrogen-bond acceptors (Lipinski definition) is 5. The van der Waals surface area contributed by atoms with Crippen molar-refractivity contribution in [2.75, 3.05) is 12.4 Å². The third kappa shape index (κ3) is 4.28. The first-order valence-electron chi connectivity index (χ1n) is 9.34. The minimum Gasteiger partial charge on any atom is -0.324 e. The normalized spacial score (nSPS) is 20.9. The fourth-order valence-corrected chi connectivity index (χ4v) is 5.78. The van der Waals surface area contributed by atoms with Gasteiger partial charge in [0.2, 0.25) is 5.91 Å². The Labute approximate surface area is 185 Å². The van der Waals surface area contributed by atoms with Gasteiger partial charge in [0.05, 0.1) is 12.2 Å². The number of anilines is 1. The lowest BCUT2D eigenvalue weighted by Crippen LogP contribution is -2.55. The van der Waals surface area contributed by atoms with Crippen LogP contribution < -0.4 is 10.0 Å². The summed E-state index contributed by atoms with van der Waals surface area (Å²) in [5, 5.41) is 6.38. The largest absolute Gasteiger partial charge is 0.324 e. The summed E-state index contributed by atoms with van der Waals surface area (Å²) in [5.74, 6) is -5.39. The van der Waals surface area contributed by atoms with Crippen LogP contribution in [0.2, 0.25) is 0 Å². The molecule has 2 atom stereocenters. The van der Waals surface area contributed by atoms with Crippen LogP contribution in [-0.4, -0.2) is 41.5 Å². The second kappa shape index (κ2) is 8.31. The summed E-state index contributed by atoms with van der Waals surface area (Å²) in [5.41, 5.74) is 0.552. The van der Waals surface area contributed by atoms with Gasteiger partial charge in [-0.2, -0.15) is 22.5 Å². The molecule has 0 radical (unpaired) electrons. The van der Waals surface area contributed by atoms with Crippen LogP contribution >= 0.6 is 11.3 Å². The van der Waals surface area contributed by atoms with Gasteiger partial charge in [0.1, 0.15) is 6.04 Å². The second-order valence-corrected chi connectivity index (χ2v) is 10.2. The van der Waals surface area contributed by atoms with Gasteiger partial charge < -0.3 is 5.32 Å². The summed E-state index contributed by atoms with van der Waals surface area (Å²) in [7, 11) is -1.01. The van der Waals surface area contributed by atoms with E-state index < -0.39 is 45.7 Å². The van der Waals surface area contributed by atoms with E-state index in [1.165, 1.54) is 18.4 Å². The molecule has 1 aromatic carbocycles. The minimum atomic E-state index is -4.01. The molecule has 2 aromatic heterocycles. The predicted octanol–water partition coefficient (Wildman–Crippen LogP) is 2.78. The molecule has 0 saturated carbocycles. The van der Waals surface area contributed by atoms with Crippen molar-refractivity contribution in [3.05, 3.63) is 59.0 Å². The van der Waals surface area contributed by atoms with Gasteiger partial charge in [0.15, 0.2) is 17.5 Å². The number of likely N-dealkylation sites (N-methyl/N-ethyl adjacent to an activating group) is 1. The van der Waals surface area contributed by atoms with E-state index in [1.54, 1.807) is 24.0 Å². The molecule has 8 nitrogen and oxygen atoms in total. The molecule has 170 valence electrons. The van der Waals surface area contributed by atoms with Crippen molar-refractivity contribution < 1.29 is 26.4 Å². The molecule has 1 saturated heterocycles. The van der Waals surface area contributed by atoms with Gasteiger partial charge in [-0.3, -0.25) is 9.48 Å². The molecule has 4 rings (SSSR count). The smallest absolute Gasteiger partial charge is 0.280 e. The Morgan fingerprint density at radius 2 is 1.91 bits per heavy atom. The quantitative estimate of drug-likeness (QED) is 0.556. The Morgan fingerprint density at radius 3 is 2.53 bits per heavy atom. The van der Waals surface area contributed by atoms with Crippen molar-refractivity contribution in [1.29, 1.82) is 0 Å². The summed E-state index contributed by atoms with van der Waals surface area (Å²) in [6, 6.07) is 3.01. The number of hydrogen-bond donors (Lipinski definition) is 2. The molecule has 1 aliphatic heterocycles. The van der Waals surface area contributed by atoms with Crippen LogP contribution in [0.1, 0.15) is 17.3 Å². The maximum absolute atomic E-state index is 13.5. The molecule has 3 heterocycles. The van der Waals surface area contributed by atoms with Crippen molar-refractivity contribution in [1.82, 2.24) is 18.8 Å². The summed E-state index contributed by atoms with van der Waals surface area (Å²) in [6.45, 7) is 0. The summed E-state index contributed by atoms with van der Waals surface area (Å²) >= 11 is 1.36. The van der Waals surface area contributed by atoms with E-state index >= 15 is 0 Å². The van der Waals surface area contributed by atoms with Gasteiger partial charge in [-0.15, -0.1) is 11.3 Å². The number of halogens is 3. The highest BCUT2D eigenvalue weighted by Crippen LogP contribution is 2.36. The van der Waals surface area contributed by atoms with Crippen LogP contribution in [0, 0.1) is 17.5 Å². The highest BCUT2D eigenvalue weighted by atomic mass is 32.2. The van der Waals surface area contributed by atoms with Crippen molar-refractivity contribution in [2.24, 2.45) is 7.05 Å². The van der Waals surface area contributed by atoms with Gasteiger partial charge >= 0.3 is 0 Å². The minimum absolute atomic E-state index is 0.0702. The first kappa shape index (κ1) is 22.5. The number of benzene rings is 1. The van der Waals surface area contributed by atoms with Crippen LogP contribution in [-0.2, 0) is 22.1 Å². The Bertz CT molecular complexity index is 1270. The van der Waals surface area contributed by atoms with Gasteiger partial charge in [0, 0.05) is 53.4 Å². The van der Waals surface area contributed by atoms with Crippen molar-refractivity contribution in [2.45, 2.75) is 18.5 Å². The van der Waals surface area contributed by atoms with E-state index in [9.17, 15) is 26.4 Å². The third-order valence-electron chi connectivity index (χ3n) is 5.08. The molecule has 0 spiro atoms. The number of aromatic nitrogens is 2. The van der Waals surface area contributed by atoms with E-state index in [0.717, 1.165) is 14.7 Å². The zero-order valence-corrected chi connectivity index (χ0v) is 18.5. The lowest BCUT2D eigenvalue weighted by Gasteiger charge is -2.35. The van der Waals surface area contributed by atoms with Crippen LogP contribution in [0.3, 0.4) is 0 Å². The number of nitrogens with zero attached hydrogens (tertiary/aromatic N) is 3. The first-order chi connectivity index (χ1) is 15.0. The Balaban J connectivity index is 1.58. The molecule has 0 aliphatic carbocycles.